The molecule has 3 N–H and O–H groups in total. The summed E-state index contributed by atoms with van der Waals surface area (Å²) >= 11 is 1.41. The minimum atomic E-state index is -1.16. The number of aliphatic hydroxyl groups excluding tert-OH is 2. The number of aliphatic carboxylic acids is 1. The third kappa shape index (κ3) is 5.61. The zero-order valence-electron chi connectivity index (χ0n) is 21.7. The Kier molecular flexibility index (Phi) is 9.92. The van der Waals surface area contributed by atoms with Crippen LogP contribution in [0.1, 0.15) is 32.4 Å². The van der Waals surface area contributed by atoms with Crippen molar-refractivity contribution < 1.29 is 63.0 Å². The Morgan fingerprint density at radius 3 is 2.71 bits per heavy atom. The highest BCUT2D eigenvalue weighted by molar-refractivity contribution is 8.03. The van der Waals surface area contributed by atoms with Crippen LogP contribution in [0.5, 0.6) is 0 Å². The number of thioether (sulfide) groups is 1. The lowest BCUT2D eigenvalue weighted by Crippen LogP contribution is -3.00. The normalized spacial score (nSPS) is 27.1. The second-order valence-electron chi connectivity index (χ2n) is 9.96. The third-order valence-electron chi connectivity index (χ3n) is 7.45. The summed E-state index contributed by atoms with van der Waals surface area (Å²) in [5.74, 6) is -2.38. The van der Waals surface area contributed by atoms with E-state index in [-0.39, 0.29) is 72.0 Å². The van der Waals surface area contributed by atoms with Crippen LogP contribution in [0, 0.1) is 11.8 Å². The van der Waals surface area contributed by atoms with Gasteiger partial charge in [-0.15, -0.1) is 11.8 Å². The van der Waals surface area contributed by atoms with E-state index in [0.717, 1.165) is 5.69 Å². The molecule has 11 nitrogen and oxygen atoms in total. The van der Waals surface area contributed by atoms with Crippen molar-refractivity contribution in [2.45, 2.75) is 63.3 Å². The number of hydrogen-bond donors (Lipinski definition) is 3. The van der Waals surface area contributed by atoms with Crippen LogP contribution in [0.2, 0.25) is 0 Å². The van der Waals surface area contributed by atoms with Gasteiger partial charge in [-0.05, 0) is 13.3 Å². The molecule has 3 aliphatic rings. The molecule has 6 atom stereocenters. The number of nitrogens with zero attached hydrogens (tertiary/aromatic N) is 4. The highest BCUT2D eigenvalue weighted by Crippen LogP contribution is 2.52. The maximum absolute atomic E-state index is 12.9. The van der Waals surface area contributed by atoms with Gasteiger partial charge in [0.25, 0.3) is 0 Å². The highest BCUT2D eigenvalue weighted by atomic mass is 127. The smallest absolute Gasteiger partial charge is 0.410 e. The molecule has 2 amide bonds. The number of imidazole rings is 1. The third-order valence-corrected chi connectivity index (χ3v) is 8.94. The Morgan fingerprint density at radius 1 is 1.39 bits per heavy atom. The Labute approximate surface area is 243 Å². The van der Waals surface area contributed by atoms with Gasteiger partial charge < -0.3 is 53.8 Å². The van der Waals surface area contributed by atoms with Crippen LogP contribution in [-0.2, 0) is 34.5 Å². The molecule has 1 aromatic heterocycles. The van der Waals surface area contributed by atoms with Gasteiger partial charge in [-0.2, -0.15) is 0 Å². The quantitative estimate of drug-likeness (QED) is 0.112. The summed E-state index contributed by atoms with van der Waals surface area (Å²) in [5.41, 5.74) is 0.756. The largest absolute Gasteiger partial charge is 1.00 e. The lowest BCUT2D eigenvalue weighted by Gasteiger charge is -2.46. The number of aromatic nitrogens is 2. The average Bonchev–Trinajstić information content (AvgIpc) is 3.48. The van der Waals surface area contributed by atoms with E-state index in [9.17, 15) is 29.7 Å². The molecule has 13 heteroatoms. The summed E-state index contributed by atoms with van der Waals surface area (Å²) in [6.45, 7) is 8.00. The number of ether oxygens (including phenoxy) is 1. The first kappa shape index (κ1) is 30.4. The van der Waals surface area contributed by atoms with Gasteiger partial charge in [0.15, 0.2) is 5.69 Å². The predicted molar refractivity (Wildman–Crippen MR) is 134 cm³/mol. The molecule has 2 fully saturated rings. The standard InChI is InChI=1S/C25H34N4O7S.HI/c1-5-8-36-25(35)28-11-18(9-16(28)6-7-27-13-26(4)10-17(27)12-30)37-22-14(2)20-19(15(3)31)23(32)29(20)21(22)24(33)34;/h5,10,13-16,18-20,30-31H,1,6-9,11-12H2,2-4H3;1H/t14-,15-,16-,18+,19-,20-;/m1./s1. The van der Waals surface area contributed by atoms with Crippen LogP contribution >= 0.6 is 11.8 Å². The number of hydrogen-bond acceptors (Lipinski definition) is 7. The summed E-state index contributed by atoms with van der Waals surface area (Å²) in [6, 6.07) is -0.526. The monoisotopic (exact) mass is 662 g/mol. The number of carboxylic acids is 1. The maximum Gasteiger partial charge on any atom is 0.410 e. The van der Waals surface area contributed by atoms with Gasteiger partial charge in [0.1, 0.15) is 25.1 Å². The fourth-order valence-electron chi connectivity index (χ4n) is 5.79. The van der Waals surface area contributed by atoms with Crippen LogP contribution < -0.4 is 28.5 Å². The van der Waals surface area contributed by atoms with Crippen LogP contribution in [0.15, 0.2) is 35.8 Å². The number of β-lactam (4-membered cyclic amide) rings is 1. The number of aliphatic hydroxyl groups is 2. The average molecular weight is 663 g/mol. The van der Waals surface area contributed by atoms with E-state index in [0.29, 0.717) is 30.8 Å². The Bertz CT molecular complexity index is 1120. The number of carbonyl (C=O) groups excluding carboxylic acids is 2. The van der Waals surface area contributed by atoms with Crippen molar-refractivity contribution in [3.8, 4) is 0 Å². The molecule has 0 aliphatic carbocycles. The molecule has 0 bridgehead atoms. The molecule has 0 radical (unpaired) electrons. The van der Waals surface area contributed by atoms with Crippen LogP contribution in [0.25, 0.3) is 0 Å². The first-order valence-corrected chi connectivity index (χ1v) is 13.3. The van der Waals surface area contributed by atoms with Crippen molar-refractivity contribution >= 4 is 29.7 Å². The molecular weight excluding hydrogens is 627 g/mol. The summed E-state index contributed by atoms with van der Waals surface area (Å²) in [5, 5.41) is 29.6. The number of aryl methyl sites for hydroxylation is 2. The molecule has 2 saturated heterocycles. The number of halogens is 1. The van der Waals surface area contributed by atoms with E-state index in [2.05, 4.69) is 6.58 Å². The fourth-order valence-corrected chi connectivity index (χ4v) is 7.35. The van der Waals surface area contributed by atoms with Crippen LogP contribution in [-0.4, -0.2) is 84.2 Å². The zero-order valence-corrected chi connectivity index (χ0v) is 24.7. The lowest BCUT2D eigenvalue weighted by atomic mass is 9.79. The number of fused-ring (bicyclic) bond motifs is 1. The number of carbonyl (C=O) groups is 3. The van der Waals surface area contributed by atoms with Gasteiger partial charge in [-0.1, -0.05) is 19.6 Å². The maximum atomic E-state index is 12.9. The van der Waals surface area contributed by atoms with Crippen molar-refractivity contribution in [2.75, 3.05) is 13.2 Å². The van der Waals surface area contributed by atoms with E-state index in [4.69, 9.17) is 4.74 Å². The van der Waals surface area contributed by atoms with Crippen molar-refractivity contribution in [1.29, 1.82) is 0 Å². The minimum absolute atomic E-state index is 0. The first-order chi connectivity index (χ1) is 17.6. The second-order valence-corrected chi connectivity index (χ2v) is 11.3. The molecule has 3 aliphatic heterocycles. The summed E-state index contributed by atoms with van der Waals surface area (Å²) in [6.07, 6.45) is 5.17. The number of amides is 2. The van der Waals surface area contributed by atoms with E-state index in [1.165, 1.54) is 22.7 Å². The topological polar surface area (TPSA) is 136 Å². The molecule has 0 spiro atoms. The molecule has 4 heterocycles. The van der Waals surface area contributed by atoms with Crippen molar-refractivity contribution in [3.05, 3.63) is 41.5 Å². The summed E-state index contributed by atoms with van der Waals surface area (Å²) in [4.78, 5) is 41.3. The van der Waals surface area contributed by atoms with E-state index >= 15 is 0 Å². The molecule has 0 saturated carbocycles. The minimum Gasteiger partial charge on any atom is -1.00 e. The fraction of sp³-hybridized carbons (Fsp3) is 0.600. The molecule has 0 aromatic carbocycles. The van der Waals surface area contributed by atoms with E-state index in [1.54, 1.807) is 11.8 Å². The Balaban J connectivity index is 0.00000400. The van der Waals surface area contributed by atoms with E-state index in [1.807, 2.05) is 35.6 Å². The van der Waals surface area contributed by atoms with Crippen molar-refractivity contribution in [1.82, 2.24) is 14.4 Å². The van der Waals surface area contributed by atoms with Gasteiger partial charge in [0, 0.05) is 35.1 Å². The highest BCUT2D eigenvalue weighted by Gasteiger charge is 2.60. The van der Waals surface area contributed by atoms with Gasteiger partial charge in [-0.25, -0.2) is 18.7 Å². The van der Waals surface area contributed by atoms with Crippen LogP contribution in [0.4, 0.5) is 4.79 Å². The molecule has 0 unspecified atom stereocenters. The van der Waals surface area contributed by atoms with Crippen LogP contribution in [0.3, 0.4) is 0 Å². The van der Waals surface area contributed by atoms with Crippen molar-refractivity contribution in [2.24, 2.45) is 18.9 Å². The number of carboxylic acid groups (broad SMARTS) is 1. The summed E-state index contributed by atoms with van der Waals surface area (Å²) in [7, 11) is 1.88. The lowest BCUT2D eigenvalue weighted by molar-refractivity contribution is -0.671. The van der Waals surface area contributed by atoms with Gasteiger partial charge in [-0.3, -0.25) is 4.79 Å². The summed E-state index contributed by atoms with van der Waals surface area (Å²) < 4.78 is 9.14. The first-order valence-electron chi connectivity index (χ1n) is 12.4. The number of likely N-dealkylation sites (tertiary alicyclic amines) is 1. The van der Waals surface area contributed by atoms with E-state index < -0.39 is 24.1 Å². The van der Waals surface area contributed by atoms with Crippen molar-refractivity contribution in [3.63, 3.8) is 0 Å². The molecular formula is C25H35IN4O7S. The molecule has 4 rings (SSSR count). The Hall–Kier alpha value is -2.10. The van der Waals surface area contributed by atoms with Gasteiger partial charge in [0.2, 0.25) is 12.2 Å². The van der Waals surface area contributed by atoms with Gasteiger partial charge in [0.05, 0.1) is 31.7 Å². The SMILES string of the molecule is C=CCOC(=O)N1C[C@@H](SC2=C(C(=O)O)N3C(=O)[C@H]([C@@H](C)O)[C@H]3[C@H]2C)C[C@H]1CCn1c[n+](C)cc1CO.[I-]. The Morgan fingerprint density at radius 2 is 2.11 bits per heavy atom. The molecule has 1 aromatic rings. The zero-order chi connectivity index (χ0) is 27.0. The second kappa shape index (κ2) is 12.4. The predicted octanol–water partition coefficient (Wildman–Crippen LogP) is -2.15. The molecule has 210 valence electrons. The van der Waals surface area contributed by atoms with Gasteiger partial charge >= 0.3 is 12.1 Å². The molecule has 38 heavy (non-hydrogen) atoms. The number of rotatable bonds is 10.